The van der Waals surface area contributed by atoms with E-state index in [4.69, 9.17) is 0 Å². The number of hydrogen-bond acceptors (Lipinski definition) is 2. The summed E-state index contributed by atoms with van der Waals surface area (Å²) >= 11 is 0. The second-order valence-corrected chi connectivity index (χ2v) is 1.16. The largest absolute Gasteiger partial charge is 0.466 e. The summed E-state index contributed by atoms with van der Waals surface area (Å²) in [6.07, 6.45) is 0.480. The minimum atomic E-state index is -0.123. The van der Waals surface area contributed by atoms with Crippen LogP contribution in [0.1, 0.15) is 20.3 Å². The number of carbonyl (C=O) groups is 1. The fraction of sp³-hybridized carbons (Fsp3) is 0.800. The van der Waals surface area contributed by atoms with Crippen LogP contribution in [0.4, 0.5) is 0 Å². The lowest BCUT2D eigenvalue weighted by Crippen LogP contribution is -2.00. The van der Waals surface area contributed by atoms with Crippen molar-refractivity contribution in [2.45, 2.75) is 20.3 Å². The average Bonchev–Trinajstić information content (AvgIpc) is 1.68. The highest BCUT2D eigenvalue weighted by Gasteiger charge is 1.91. The van der Waals surface area contributed by atoms with Crippen molar-refractivity contribution in [3.63, 3.8) is 0 Å². The van der Waals surface area contributed by atoms with Gasteiger partial charge in [0.2, 0.25) is 0 Å². The van der Waals surface area contributed by atoms with Crippen LogP contribution in [0.25, 0.3) is 0 Å². The third-order valence-corrected chi connectivity index (χ3v) is 0.594. The molecule has 0 aromatic carbocycles. The maximum absolute atomic E-state index is 10.2. The first kappa shape index (κ1) is 10.4. The van der Waals surface area contributed by atoms with Gasteiger partial charge < -0.3 is 4.74 Å². The molecule has 8 heavy (non-hydrogen) atoms. The van der Waals surface area contributed by atoms with Crippen LogP contribution in [-0.2, 0) is 15.0 Å². The topological polar surface area (TPSA) is 54.8 Å². The van der Waals surface area contributed by atoms with Crippen LogP contribution in [0.2, 0.25) is 0 Å². The molecule has 0 aromatic rings. The van der Waals surface area contributed by atoms with E-state index < -0.39 is 0 Å². The maximum atomic E-state index is 10.2. The molecule has 0 amide bonds. The Bertz CT molecular complexity index is 60.7. The maximum Gasteiger partial charge on any atom is 0.305 e. The Hall–Kier alpha value is -0.570. The third kappa shape index (κ3) is 5.43. The zero-order valence-electron chi connectivity index (χ0n) is 5.14. The zero-order chi connectivity index (χ0) is 5.70. The van der Waals surface area contributed by atoms with Crippen LogP contribution in [-0.4, -0.2) is 12.6 Å². The van der Waals surface area contributed by atoms with Gasteiger partial charge in [0, 0.05) is 11.9 Å². The Morgan fingerprint density at radius 1 is 1.50 bits per heavy atom. The molecule has 0 atom stereocenters. The molecule has 3 nitrogen and oxygen atoms in total. The Morgan fingerprint density at radius 2 is 2.00 bits per heavy atom. The van der Waals surface area contributed by atoms with Crippen LogP contribution >= 0.6 is 0 Å². The standard InChI is InChI=1S/C5H10O2.O/c1-3-5(6)7-4-2;/h3-4H2,1-2H3;. The second-order valence-electron chi connectivity index (χ2n) is 1.16. The SMILES string of the molecule is CCOC(=O)CC.[O]. The van der Waals surface area contributed by atoms with Crippen LogP contribution in [0.5, 0.6) is 0 Å². The van der Waals surface area contributed by atoms with Gasteiger partial charge in [-0.1, -0.05) is 6.92 Å². The predicted octanol–water partition coefficient (Wildman–Crippen LogP) is 0.841. The molecule has 2 radical (unpaired) electrons. The van der Waals surface area contributed by atoms with E-state index in [1.54, 1.807) is 13.8 Å². The van der Waals surface area contributed by atoms with Gasteiger partial charge in [0.1, 0.15) is 0 Å². The first-order valence-electron chi connectivity index (χ1n) is 2.46. The van der Waals surface area contributed by atoms with Gasteiger partial charge in [-0.15, -0.1) is 0 Å². The molecule has 0 saturated carbocycles. The Morgan fingerprint density at radius 3 is 2.12 bits per heavy atom. The van der Waals surface area contributed by atoms with Crippen molar-refractivity contribution in [3.8, 4) is 0 Å². The van der Waals surface area contributed by atoms with Gasteiger partial charge >= 0.3 is 5.97 Å². The van der Waals surface area contributed by atoms with Gasteiger partial charge in [-0.25, -0.2) is 0 Å². The molecule has 0 aromatic heterocycles. The van der Waals surface area contributed by atoms with Crippen molar-refractivity contribution < 1.29 is 15.0 Å². The van der Waals surface area contributed by atoms with Crippen molar-refractivity contribution in [3.05, 3.63) is 0 Å². The molecule has 0 fully saturated rings. The number of hydrogen-bond donors (Lipinski definition) is 0. The molecule has 3 heteroatoms. The minimum Gasteiger partial charge on any atom is -0.466 e. The molecule has 48 valence electrons. The second kappa shape index (κ2) is 6.43. The molecular formula is C5H10O3. The van der Waals surface area contributed by atoms with E-state index in [-0.39, 0.29) is 11.4 Å². The smallest absolute Gasteiger partial charge is 0.305 e. The number of ether oxygens (including phenoxy) is 1. The van der Waals surface area contributed by atoms with Crippen molar-refractivity contribution >= 4 is 5.97 Å². The molecule has 0 unspecified atom stereocenters. The lowest BCUT2D eigenvalue weighted by Gasteiger charge is -1.93. The predicted molar refractivity (Wildman–Crippen MR) is 27.6 cm³/mol. The van der Waals surface area contributed by atoms with Gasteiger partial charge in [0.25, 0.3) is 0 Å². The van der Waals surface area contributed by atoms with E-state index in [9.17, 15) is 4.79 Å². The monoisotopic (exact) mass is 118 g/mol. The molecule has 0 heterocycles. The van der Waals surface area contributed by atoms with Crippen LogP contribution in [0.3, 0.4) is 0 Å². The fourth-order valence-corrected chi connectivity index (χ4v) is 0.263. The highest BCUT2D eigenvalue weighted by Crippen LogP contribution is 1.80. The molecule has 0 N–H and O–H groups in total. The van der Waals surface area contributed by atoms with Gasteiger partial charge in [-0.2, -0.15) is 0 Å². The van der Waals surface area contributed by atoms with Crippen molar-refractivity contribution in [1.82, 2.24) is 0 Å². The summed E-state index contributed by atoms with van der Waals surface area (Å²) in [6.45, 7) is 4.07. The number of rotatable bonds is 2. The quantitative estimate of drug-likeness (QED) is 0.504. The molecular weight excluding hydrogens is 108 g/mol. The Kier molecular flexibility index (Phi) is 8.37. The van der Waals surface area contributed by atoms with Gasteiger partial charge in [-0.3, -0.25) is 4.79 Å². The van der Waals surface area contributed by atoms with Gasteiger partial charge in [0.05, 0.1) is 6.61 Å². The molecule has 0 aliphatic rings. The highest BCUT2D eigenvalue weighted by molar-refractivity contribution is 5.68. The number of carbonyl (C=O) groups excluding carboxylic acids is 1. The molecule has 0 spiro atoms. The summed E-state index contributed by atoms with van der Waals surface area (Å²) in [4.78, 5) is 10.2. The van der Waals surface area contributed by atoms with E-state index in [1.165, 1.54) is 0 Å². The van der Waals surface area contributed by atoms with E-state index in [0.29, 0.717) is 13.0 Å². The summed E-state index contributed by atoms with van der Waals surface area (Å²) in [5, 5.41) is 0. The highest BCUT2D eigenvalue weighted by atomic mass is 16.5. The number of esters is 1. The van der Waals surface area contributed by atoms with E-state index in [1.807, 2.05) is 0 Å². The Balaban J connectivity index is 0. The summed E-state index contributed by atoms with van der Waals surface area (Å²) in [5.41, 5.74) is 0. The third-order valence-electron chi connectivity index (χ3n) is 0.594. The first-order chi connectivity index (χ1) is 3.31. The summed E-state index contributed by atoms with van der Waals surface area (Å²) in [7, 11) is 0. The van der Waals surface area contributed by atoms with Crippen LogP contribution < -0.4 is 0 Å². The summed E-state index contributed by atoms with van der Waals surface area (Å²) in [6, 6.07) is 0. The molecule has 0 rings (SSSR count). The lowest BCUT2D eigenvalue weighted by molar-refractivity contribution is -0.142. The van der Waals surface area contributed by atoms with Crippen molar-refractivity contribution in [2.24, 2.45) is 0 Å². The average molecular weight is 118 g/mol. The van der Waals surface area contributed by atoms with Crippen molar-refractivity contribution in [2.75, 3.05) is 6.61 Å². The van der Waals surface area contributed by atoms with E-state index in [2.05, 4.69) is 4.74 Å². The fourth-order valence-electron chi connectivity index (χ4n) is 0.263. The summed E-state index contributed by atoms with van der Waals surface area (Å²) in [5.74, 6) is -0.123. The first-order valence-corrected chi connectivity index (χ1v) is 2.46. The summed E-state index contributed by atoms with van der Waals surface area (Å²) < 4.78 is 4.55. The lowest BCUT2D eigenvalue weighted by atomic mass is 10.5. The van der Waals surface area contributed by atoms with Crippen LogP contribution in [0, 0.1) is 0 Å². The zero-order valence-corrected chi connectivity index (χ0v) is 5.14. The molecule has 0 saturated heterocycles. The molecule has 0 bridgehead atoms. The Labute approximate surface area is 49.0 Å². The molecule has 0 aliphatic carbocycles. The van der Waals surface area contributed by atoms with E-state index in [0.717, 1.165) is 0 Å². The minimum absolute atomic E-state index is 0. The normalized spacial score (nSPS) is 7.25. The van der Waals surface area contributed by atoms with Gasteiger partial charge in [0.15, 0.2) is 0 Å². The van der Waals surface area contributed by atoms with E-state index >= 15 is 0 Å². The molecule has 0 aliphatic heterocycles. The van der Waals surface area contributed by atoms with Gasteiger partial charge in [-0.05, 0) is 6.92 Å². The van der Waals surface area contributed by atoms with Crippen molar-refractivity contribution in [1.29, 1.82) is 0 Å². The van der Waals surface area contributed by atoms with Crippen LogP contribution in [0.15, 0.2) is 0 Å².